The molecule has 2 saturated heterocycles. The van der Waals surface area contributed by atoms with Crippen LogP contribution in [0.5, 0.6) is 0 Å². The van der Waals surface area contributed by atoms with Gasteiger partial charge in [0, 0.05) is 36.3 Å². The van der Waals surface area contributed by atoms with Crippen molar-refractivity contribution >= 4 is 68.8 Å². The van der Waals surface area contributed by atoms with Gasteiger partial charge in [-0.05, 0) is 60.5 Å². The lowest BCUT2D eigenvalue weighted by Gasteiger charge is -2.25. The minimum absolute atomic E-state index is 0.0634. The Morgan fingerprint density at radius 2 is 1.97 bits per heavy atom. The number of morpholine rings is 1. The number of carbonyl (C=O) groups is 4. The summed E-state index contributed by atoms with van der Waals surface area (Å²) in [6, 6.07) is 7.11. The molecule has 3 heterocycles. The predicted octanol–water partition coefficient (Wildman–Crippen LogP) is 2.03. The highest BCUT2D eigenvalue weighted by molar-refractivity contribution is 9.10. The number of nitrogens with zero attached hydrogens (tertiary/aromatic N) is 3. The Balaban J connectivity index is 1.22. The number of ether oxygens (including phenoxy) is 1. The van der Waals surface area contributed by atoms with E-state index in [0.29, 0.717) is 48.7 Å². The van der Waals surface area contributed by atoms with E-state index in [9.17, 15) is 19.2 Å². The number of hydrogen-bond donors (Lipinski definition) is 4. The molecule has 3 amide bonds. The van der Waals surface area contributed by atoms with E-state index in [1.54, 1.807) is 11.1 Å². The Morgan fingerprint density at radius 1 is 1.23 bits per heavy atom. The van der Waals surface area contributed by atoms with Gasteiger partial charge in [-0.1, -0.05) is 0 Å². The van der Waals surface area contributed by atoms with E-state index in [2.05, 4.69) is 41.8 Å². The first kappa shape index (κ1) is 28.6. The van der Waals surface area contributed by atoms with Crippen LogP contribution < -0.4 is 21.7 Å². The molecule has 2 aliphatic rings. The van der Waals surface area contributed by atoms with Crippen LogP contribution in [0.2, 0.25) is 0 Å². The molecule has 1 aromatic heterocycles. The second-order valence-electron chi connectivity index (χ2n) is 9.71. The van der Waals surface area contributed by atoms with E-state index in [4.69, 9.17) is 10.5 Å². The number of hydrogen-bond acceptors (Lipinski definition) is 10. The Labute approximate surface area is 238 Å². The molecule has 0 radical (unpaired) electrons. The van der Waals surface area contributed by atoms with E-state index >= 15 is 0 Å². The summed E-state index contributed by atoms with van der Waals surface area (Å²) in [5, 5.41) is 9.07. The molecule has 14 heteroatoms. The smallest absolute Gasteiger partial charge is 0.329 e. The molecular formula is C25H30BrN7O5S. The number of likely N-dealkylation sites (tertiary alicyclic amines) is 1. The number of amides is 3. The van der Waals surface area contributed by atoms with Crippen molar-refractivity contribution in [2.75, 3.05) is 36.0 Å². The van der Waals surface area contributed by atoms with Crippen LogP contribution in [-0.2, 0) is 23.9 Å². The van der Waals surface area contributed by atoms with Crippen molar-refractivity contribution in [2.45, 2.75) is 43.7 Å². The zero-order valence-corrected chi connectivity index (χ0v) is 23.9. The quantitative estimate of drug-likeness (QED) is 0.119. The van der Waals surface area contributed by atoms with Crippen LogP contribution >= 0.6 is 27.7 Å². The minimum atomic E-state index is -1.26. The average molecular weight is 621 g/mol. The number of halogens is 1. The van der Waals surface area contributed by atoms with Crippen LogP contribution in [0.25, 0.3) is 0 Å². The van der Waals surface area contributed by atoms with Crippen molar-refractivity contribution < 1.29 is 23.9 Å². The monoisotopic (exact) mass is 619 g/mol. The van der Waals surface area contributed by atoms with Crippen molar-refractivity contribution in [2.24, 2.45) is 11.1 Å². The SMILES string of the molecule is CC(C)(C(N)=O)C(=O)NCCCNc1nc(Nc2ccc(SCC(=O)N3CC4CC3C(=O)O4)cc2)ncc1Br. The fourth-order valence-electron chi connectivity index (χ4n) is 4.00. The fraction of sp³-hybridized carbons (Fsp3) is 0.440. The number of fused-ring (bicyclic) bond motifs is 2. The maximum absolute atomic E-state index is 12.6. The molecule has 0 saturated carbocycles. The zero-order chi connectivity index (χ0) is 28.2. The summed E-state index contributed by atoms with van der Waals surface area (Å²) in [4.78, 5) is 59.1. The Morgan fingerprint density at radius 3 is 2.64 bits per heavy atom. The minimum Gasteiger partial charge on any atom is -0.459 e. The summed E-state index contributed by atoms with van der Waals surface area (Å²) >= 11 is 4.84. The lowest BCUT2D eigenvalue weighted by molar-refractivity contribution is -0.156. The lowest BCUT2D eigenvalue weighted by atomic mass is 9.91. The highest BCUT2D eigenvalue weighted by Gasteiger charge is 2.48. The molecule has 2 aliphatic heterocycles. The number of thioether (sulfide) groups is 1. The van der Waals surface area contributed by atoms with E-state index in [-0.39, 0.29) is 23.7 Å². The van der Waals surface area contributed by atoms with Gasteiger partial charge in [-0.3, -0.25) is 14.4 Å². The van der Waals surface area contributed by atoms with E-state index < -0.39 is 23.3 Å². The van der Waals surface area contributed by atoms with Gasteiger partial charge in [-0.2, -0.15) is 4.98 Å². The van der Waals surface area contributed by atoms with Gasteiger partial charge in [0.15, 0.2) is 0 Å². The van der Waals surface area contributed by atoms with E-state index in [1.165, 1.54) is 25.6 Å². The van der Waals surface area contributed by atoms with Gasteiger partial charge in [0.05, 0.1) is 16.8 Å². The predicted molar refractivity (Wildman–Crippen MR) is 149 cm³/mol. The molecule has 0 spiro atoms. The highest BCUT2D eigenvalue weighted by atomic mass is 79.9. The molecule has 1 aromatic carbocycles. The van der Waals surface area contributed by atoms with E-state index in [1.807, 2.05) is 24.3 Å². The lowest BCUT2D eigenvalue weighted by Crippen LogP contribution is -2.46. The maximum atomic E-state index is 12.6. The van der Waals surface area contributed by atoms with Gasteiger partial charge >= 0.3 is 5.97 Å². The largest absolute Gasteiger partial charge is 0.459 e. The first-order chi connectivity index (χ1) is 18.5. The normalized spacial score (nSPS) is 18.0. The van der Waals surface area contributed by atoms with Crippen LogP contribution in [-0.4, -0.2) is 76.1 Å². The van der Waals surface area contributed by atoms with Crippen molar-refractivity contribution in [3.05, 3.63) is 34.9 Å². The second kappa shape index (κ2) is 12.2. The van der Waals surface area contributed by atoms with Crippen LogP contribution in [0.4, 0.5) is 17.5 Å². The Hall–Kier alpha value is -3.39. The van der Waals surface area contributed by atoms with Crippen LogP contribution in [0.15, 0.2) is 39.8 Å². The van der Waals surface area contributed by atoms with Crippen molar-refractivity contribution in [1.29, 1.82) is 0 Å². The third kappa shape index (κ3) is 6.98. The Bertz CT molecular complexity index is 1260. The molecule has 12 nitrogen and oxygen atoms in total. The summed E-state index contributed by atoms with van der Waals surface area (Å²) < 4.78 is 5.83. The fourth-order valence-corrected chi connectivity index (χ4v) is 5.11. The summed E-state index contributed by atoms with van der Waals surface area (Å²) in [6.45, 7) is 4.35. The topological polar surface area (TPSA) is 169 Å². The molecule has 5 N–H and O–H groups in total. The van der Waals surface area contributed by atoms with Crippen molar-refractivity contribution in [1.82, 2.24) is 20.2 Å². The van der Waals surface area contributed by atoms with Gasteiger partial charge in [-0.25, -0.2) is 9.78 Å². The van der Waals surface area contributed by atoms with Gasteiger partial charge in [0.1, 0.15) is 23.4 Å². The average Bonchev–Trinajstić information content (AvgIpc) is 3.49. The molecular weight excluding hydrogens is 590 g/mol. The highest BCUT2D eigenvalue weighted by Crippen LogP contribution is 2.30. The van der Waals surface area contributed by atoms with Gasteiger partial charge in [0.2, 0.25) is 23.7 Å². The summed E-state index contributed by atoms with van der Waals surface area (Å²) in [6.07, 6.45) is 2.67. The number of carbonyl (C=O) groups excluding carboxylic acids is 4. The molecule has 2 bridgehead atoms. The van der Waals surface area contributed by atoms with E-state index in [0.717, 1.165) is 10.6 Å². The number of nitrogens with one attached hydrogen (secondary N) is 3. The number of primary amides is 1. The molecule has 208 valence electrons. The maximum Gasteiger partial charge on any atom is 0.329 e. The van der Waals surface area contributed by atoms with Gasteiger partial charge < -0.3 is 31.3 Å². The number of rotatable bonds is 12. The molecule has 0 aliphatic carbocycles. The van der Waals surface area contributed by atoms with Crippen LogP contribution in [0, 0.1) is 5.41 Å². The third-order valence-electron chi connectivity index (χ3n) is 6.47. The third-order valence-corrected chi connectivity index (χ3v) is 8.05. The summed E-state index contributed by atoms with van der Waals surface area (Å²) in [7, 11) is 0. The molecule has 2 aromatic rings. The first-order valence-corrected chi connectivity index (χ1v) is 14.2. The molecule has 2 unspecified atom stereocenters. The van der Waals surface area contributed by atoms with Crippen LogP contribution in [0.1, 0.15) is 26.7 Å². The summed E-state index contributed by atoms with van der Waals surface area (Å²) in [5.41, 5.74) is 4.78. The molecule has 2 fully saturated rings. The Kier molecular flexibility index (Phi) is 8.95. The standard InChI is InChI=1S/C25H30BrN7O5S/c1-25(2,22(27)36)23(37)29-9-3-8-28-20-17(26)11-30-24(32-20)31-14-4-6-16(7-5-14)39-13-19(34)33-12-15-10-18(33)21(35)38-15/h4-7,11,15,18H,3,8-10,12-13H2,1-2H3,(H2,27,36)(H,29,37)(H2,28,30,31,32). The zero-order valence-electron chi connectivity index (χ0n) is 21.5. The van der Waals surface area contributed by atoms with Crippen LogP contribution in [0.3, 0.4) is 0 Å². The van der Waals surface area contributed by atoms with Gasteiger partial charge in [0.25, 0.3) is 0 Å². The first-order valence-electron chi connectivity index (χ1n) is 12.4. The van der Waals surface area contributed by atoms with Gasteiger partial charge in [-0.15, -0.1) is 11.8 Å². The number of anilines is 3. The molecule has 39 heavy (non-hydrogen) atoms. The van der Waals surface area contributed by atoms with Crippen molar-refractivity contribution in [3.8, 4) is 0 Å². The number of esters is 1. The number of aromatic nitrogens is 2. The number of benzene rings is 1. The summed E-state index contributed by atoms with van der Waals surface area (Å²) in [5.74, 6) is -0.225. The molecule has 2 atom stereocenters. The second-order valence-corrected chi connectivity index (χ2v) is 11.6. The number of nitrogens with two attached hydrogens (primary N) is 1. The molecule has 4 rings (SSSR count). The van der Waals surface area contributed by atoms with Crippen molar-refractivity contribution in [3.63, 3.8) is 0 Å².